The SMILES string of the molecule is NC(CNC(=O)C1CCN(S(=O)(=O)c2cccnc2)CC1)C1CC1. The summed E-state index contributed by atoms with van der Waals surface area (Å²) in [6, 6.07) is 3.19. The zero-order valence-electron chi connectivity index (χ0n) is 13.6. The number of nitrogens with one attached hydrogen (secondary N) is 1. The van der Waals surface area contributed by atoms with Crippen molar-refractivity contribution in [1.82, 2.24) is 14.6 Å². The van der Waals surface area contributed by atoms with Crippen LogP contribution >= 0.6 is 0 Å². The van der Waals surface area contributed by atoms with Crippen molar-refractivity contribution < 1.29 is 13.2 Å². The lowest BCUT2D eigenvalue weighted by Crippen LogP contribution is -2.45. The van der Waals surface area contributed by atoms with Crippen LogP contribution in [-0.4, -0.2) is 49.3 Å². The molecule has 0 spiro atoms. The van der Waals surface area contributed by atoms with Crippen LogP contribution in [0.25, 0.3) is 0 Å². The first kappa shape index (κ1) is 17.3. The molecule has 3 N–H and O–H groups in total. The Hall–Kier alpha value is -1.51. The van der Waals surface area contributed by atoms with Gasteiger partial charge in [-0.3, -0.25) is 9.78 Å². The standard InChI is InChI=1S/C16H24N4O3S/c17-15(12-3-4-12)11-19-16(21)13-5-8-20(9-6-13)24(22,23)14-2-1-7-18-10-14/h1-2,7,10,12-13,15H,3-6,8-9,11,17H2,(H,19,21). The lowest BCUT2D eigenvalue weighted by molar-refractivity contribution is -0.126. The van der Waals surface area contributed by atoms with E-state index >= 15 is 0 Å². The Bertz CT molecular complexity index is 668. The van der Waals surface area contributed by atoms with E-state index < -0.39 is 10.0 Å². The van der Waals surface area contributed by atoms with E-state index in [1.54, 1.807) is 18.3 Å². The molecule has 0 bridgehead atoms. The molecule has 1 saturated heterocycles. The highest BCUT2D eigenvalue weighted by atomic mass is 32.2. The first-order chi connectivity index (χ1) is 11.5. The van der Waals surface area contributed by atoms with Crippen molar-refractivity contribution in [1.29, 1.82) is 0 Å². The molecule has 0 aromatic carbocycles. The third-order valence-electron chi connectivity index (χ3n) is 4.84. The maximum atomic E-state index is 12.5. The molecule has 1 aromatic rings. The molecular weight excluding hydrogens is 328 g/mol. The van der Waals surface area contributed by atoms with Crippen LogP contribution < -0.4 is 11.1 Å². The van der Waals surface area contributed by atoms with E-state index in [0.29, 0.717) is 38.4 Å². The Kier molecular flexibility index (Phi) is 5.17. The number of rotatable bonds is 6. The van der Waals surface area contributed by atoms with Crippen molar-refractivity contribution in [2.75, 3.05) is 19.6 Å². The molecule has 2 aliphatic rings. The second kappa shape index (κ2) is 7.16. The Labute approximate surface area is 142 Å². The smallest absolute Gasteiger partial charge is 0.244 e. The van der Waals surface area contributed by atoms with Gasteiger partial charge in [0.2, 0.25) is 15.9 Å². The molecule has 8 heteroatoms. The van der Waals surface area contributed by atoms with Gasteiger partial charge in [-0.2, -0.15) is 4.31 Å². The summed E-state index contributed by atoms with van der Waals surface area (Å²) in [4.78, 5) is 16.3. The van der Waals surface area contributed by atoms with Gasteiger partial charge in [0.15, 0.2) is 0 Å². The van der Waals surface area contributed by atoms with Crippen molar-refractivity contribution in [3.05, 3.63) is 24.5 Å². The van der Waals surface area contributed by atoms with Gasteiger partial charge in [0.1, 0.15) is 4.90 Å². The lowest BCUT2D eigenvalue weighted by atomic mass is 9.97. The van der Waals surface area contributed by atoms with Gasteiger partial charge in [0.05, 0.1) is 0 Å². The summed E-state index contributed by atoms with van der Waals surface area (Å²) >= 11 is 0. The highest BCUT2D eigenvalue weighted by Crippen LogP contribution is 2.31. The normalized spacial score (nSPS) is 21.4. The number of sulfonamides is 1. The zero-order valence-corrected chi connectivity index (χ0v) is 14.4. The number of hydrogen-bond donors (Lipinski definition) is 2. The molecule has 1 atom stereocenters. The molecular formula is C16H24N4O3S. The predicted octanol–water partition coefficient (Wildman–Crippen LogP) is 0.336. The van der Waals surface area contributed by atoms with E-state index in [1.165, 1.54) is 10.5 Å². The van der Waals surface area contributed by atoms with Gasteiger partial charge in [-0.15, -0.1) is 0 Å². The number of pyridine rings is 1. The van der Waals surface area contributed by atoms with E-state index in [4.69, 9.17) is 5.73 Å². The molecule has 0 radical (unpaired) electrons. The second-order valence-electron chi connectivity index (χ2n) is 6.61. The van der Waals surface area contributed by atoms with E-state index in [0.717, 1.165) is 12.8 Å². The Balaban J connectivity index is 1.51. The van der Waals surface area contributed by atoms with Crippen LogP contribution in [0.15, 0.2) is 29.4 Å². The van der Waals surface area contributed by atoms with Crippen LogP contribution in [0.3, 0.4) is 0 Å². The summed E-state index contributed by atoms with van der Waals surface area (Å²) in [5.74, 6) is 0.401. The van der Waals surface area contributed by atoms with Crippen molar-refractivity contribution in [3.8, 4) is 0 Å². The van der Waals surface area contributed by atoms with E-state index in [9.17, 15) is 13.2 Å². The first-order valence-corrected chi connectivity index (χ1v) is 9.86. The quantitative estimate of drug-likeness (QED) is 0.768. The summed E-state index contributed by atoms with van der Waals surface area (Å²) in [5.41, 5.74) is 5.99. The number of aromatic nitrogens is 1. The fourth-order valence-electron chi connectivity index (χ4n) is 3.06. The van der Waals surface area contributed by atoms with E-state index in [-0.39, 0.29) is 22.8 Å². The number of carbonyl (C=O) groups excluding carboxylic acids is 1. The number of carbonyl (C=O) groups is 1. The topological polar surface area (TPSA) is 105 Å². The molecule has 1 unspecified atom stereocenters. The molecule has 1 aliphatic carbocycles. The van der Waals surface area contributed by atoms with Crippen molar-refractivity contribution in [2.45, 2.75) is 36.6 Å². The third-order valence-corrected chi connectivity index (χ3v) is 6.72. The molecule has 1 aromatic heterocycles. The highest BCUT2D eigenvalue weighted by Gasteiger charge is 2.33. The third kappa shape index (κ3) is 3.93. The summed E-state index contributed by atoms with van der Waals surface area (Å²) in [7, 11) is -3.52. The van der Waals surface area contributed by atoms with Gasteiger partial charge in [-0.1, -0.05) is 0 Å². The van der Waals surface area contributed by atoms with Gasteiger partial charge in [-0.05, 0) is 43.7 Å². The van der Waals surface area contributed by atoms with Crippen molar-refractivity contribution in [3.63, 3.8) is 0 Å². The fourth-order valence-corrected chi connectivity index (χ4v) is 4.50. The maximum absolute atomic E-state index is 12.5. The van der Waals surface area contributed by atoms with Crippen LogP contribution in [0.2, 0.25) is 0 Å². The maximum Gasteiger partial charge on any atom is 0.244 e. The van der Waals surface area contributed by atoms with Gasteiger partial charge in [0.25, 0.3) is 0 Å². The minimum absolute atomic E-state index is 0.00970. The minimum atomic E-state index is -3.52. The summed E-state index contributed by atoms with van der Waals surface area (Å²) in [6.45, 7) is 1.21. The summed E-state index contributed by atoms with van der Waals surface area (Å²) < 4.78 is 26.5. The first-order valence-electron chi connectivity index (χ1n) is 8.42. The molecule has 2 heterocycles. The van der Waals surface area contributed by atoms with Crippen molar-refractivity contribution in [2.24, 2.45) is 17.6 Å². The molecule has 3 rings (SSSR count). The molecule has 7 nitrogen and oxygen atoms in total. The average molecular weight is 352 g/mol. The molecule has 2 fully saturated rings. The summed E-state index contributed by atoms with van der Waals surface area (Å²) in [5, 5.41) is 2.92. The average Bonchev–Trinajstić information content (AvgIpc) is 3.45. The highest BCUT2D eigenvalue weighted by molar-refractivity contribution is 7.89. The minimum Gasteiger partial charge on any atom is -0.354 e. The van der Waals surface area contributed by atoms with E-state index in [2.05, 4.69) is 10.3 Å². The predicted molar refractivity (Wildman–Crippen MR) is 89.4 cm³/mol. The largest absolute Gasteiger partial charge is 0.354 e. The van der Waals surface area contributed by atoms with Crippen LogP contribution in [-0.2, 0) is 14.8 Å². The van der Waals surface area contributed by atoms with Crippen LogP contribution in [0.1, 0.15) is 25.7 Å². The van der Waals surface area contributed by atoms with Gasteiger partial charge in [-0.25, -0.2) is 8.42 Å². The van der Waals surface area contributed by atoms with Crippen LogP contribution in [0, 0.1) is 11.8 Å². The Morgan fingerprint density at radius 2 is 2.04 bits per heavy atom. The number of amides is 1. The lowest BCUT2D eigenvalue weighted by Gasteiger charge is -2.30. The number of hydrogen-bond acceptors (Lipinski definition) is 5. The van der Waals surface area contributed by atoms with Gasteiger partial charge in [0, 0.05) is 44.0 Å². The van der Waals surface area contributed by atoms with Gasteiger partial charge < -0.3 is 11.1 Å². The van der Waals surface area contributed by atoms with Crippen molar-refractivity contribution >= 4 is 15.9 Å². The number of nitrogens with two attached hydrogens (primary N) is 1. The number of piperidine rings is 1. The van der Waals surface area contributed by atoms with Gasteiger partial charge >= 0.3 is 0 Å². The fraction of sp³-hybridized carbons (Fsp3) is 0.625. The molecule has 1 aliphatic heterocycles. The number of nitrogens with zero attached hydrogens (tertiary/aromatic N) is 2. The summed E-state index contributed by atoms with van der Waals surface area (Å²) in [6.07, 6.45) is 6.27. The molecule has 24 heavy (non-hydrogen) atoms. The molecule has 1 amide bonds. The monoisotopic (exact) mass is 352 g/mol. The second-order valence-corrected chi connectivity index (χ2v) is 8.55. The van der Waals surface area contributed by atoms with E-state index in [1.807, 2.05) is 0 Å². The molecule has 132 valence electrons. The Morgan fingerprint density at radius 3 is 2.62 bits per heavy atom. The Morgan fingerprint density at radius 1 is 1.33 bits per heavy atom. The molecule has 1 saturated carbocycles. The zero-order chi connectivity index (χ0) is 17.2. The van der Waals surface area contributed by atoms with Crippen LogP contribution in [0.5, 0.6) is 0 Å². The van der Waals surface area contributed by atoms with Crippen LogP contribution in [0.4, 0.5) is 0 Å².